The van der Waals surface area contributed by atoms with Crippen molar-refractivity contribution in [1.29, 1.82) is 0 Å². The fourth-order valence-electron chi connectivity index (χ4n) is 3.99. The highest BCUT2D eigenvalue weighted by atomic mass is 35.5. The maximum absolute atomic E-state index is 12.5. The second-order valence-electron chi connectivity index (χ2n) is 7.66. The summed E-state index contributed by atoms with van der Waals surface area (Å²) in [7, 11) is 0. The van der Waals surface area contributed by atoms with Crippen molar-refractivity contribution < 1.29 is 19.2 Å². The van der Waals surface area contributed by atoms with Crippen molar-refractivity contribution in [3.8, 4) is 11.5 Å². The number of nitro benzene ring substituents is 1. The van der Waals surface area contributed by atoms with Gasteiger partial charge in [-0.05, 0) is 36.9 Å². The molecule has 31 heavy (non-hydrogen) atoms. The van der Waals surface area contributed by atoms with E-state index in [-0.39, 0.29) is 23.4 Å². The van der Waals surface area contributed by atoms with Crippen LogP contribution in [0.15, 0.2) is 54.6 Å². The molecule has 0 N–H and O–H groups in total. The molecule has 4 rings (SSSR count). The van der Waals surface area contributed by atoms with E-state index in [1.54, 1.807) is 0 Å². The van der Waals surface area contributed by atoms with Crippen molar-refractivity contribution in [2.45, 2.75) is 25.8 Å². The van der Waals surface area contributed by atoms with Gasteiger partial charge in [0.2, 0.25) is 0 Å². The molecule has 0 saturated carbocycles. The third kappa shape index (κ3) is 4.01. The number of carbonyl (C=O) groups is 1. The minimum Gasteiger partial charge on any atom is -0.395 e. The number of benzene rings is 3. The van der Waals surface area contributed by atoms with Gasteiger partial charge >= 0.3 is 6.16 Å². The first-order valence-corrected chi connectivity index (χ1v) is 10.4. The van der Waals surface area contributed by atoms with E-state index in [1.165, 1.54) is 24.3 Å². The molecule has 8 heteroatoms. The van der Waals surface area contributed by atoms with Gasteiger partial charge in [0.15, 0.2) is 0 Å². The van der Waals surface area contributed by atoms with Crippen molar-refractivity contribution in [3.63, 3.8) is 0 Å². The summed E-state index contributed by atoms with van der Waals surface area (Å²) in [6, 6.07) is 15.1. The zero-order valence-electron chi connectivity index (χ0n) is 17.1. The molecular weight excluding hydrogens is 420 g/mol. The minimum atomic E-state index is -0.915. The number of nitrogens with zero attached hydrogens (tertiary/aromatic N) is 2. The molecule has 1 atom stereocenters. The molecule has 1 heterocycles. The highest BCUT2D eigenvalue weighted by Crippen LogP contribution is 2.46. The van der Waals surface area contributed by atoms with Crippen molar-refractivity contribution in [3.05, 3.63) is 70.3 Å². The van der Waals surface area contributed by atoms with Crippen LogP contribution in [0.1, 0.15) is 25.3 Å². The van der Waals surface area contributed by atoms with E-state index in [2.05, 4.69) is 18.7 Å². The number of ether oxygens (including phenoxy) is 2. The molecule has 3 aromatic rings. The van der Waals surface area contributed by atoms with E-state index in [9.17, 15) is 14.9 Å². The van der Waals surface area contributed by atoms with Crippen LogP contribution in [0.25, 0.3) is 10.8 Å². The smallest absolute Gasteiger partial charge is 0.395 e. The van der Waals surface area contributed by atoms with Crippen LogP contribution < -0.4 is 14.4 Å². The quantitative estimate of drug-likeness (QED) is 0.162. The van der Waals surface area contributed by atoms with E-state index in [4.69, 9.17) is 21.1 Å². The summed E-state index contributed by atoms with van der Waals surface area (Å²) in [5.41, 5.74) is 2.07. The van der Waals surface area contributed by atoms with Crippen molar-refractivity contribution in [2.24, 2.45) is 0 Å². The lowest BCUT2D eigenvalue weighted by Crippen LogP contribution is -2.29. The van der Waals surface area contributed by atoms with Crippen LogP contribution in [0.5, 0.6) is 11.5 Å². The third-order valence-electron chi connectivity index (χ3n) is 5.41. The SMILES string of the molecule is CC(C)N1C[C@@H](CCl)c2c1cc(OC(=O)Oc1ccc([N+](=O)[O-])cc1)c1ccccc21. The van der Waals surface area contributed by atoms with Crippen LogP contribution in [0.3, 0.4) is 0 Å². The summed E-state index contributed by atoms with van der Waals surface area (Å²) in [6.45, 7) is 5.02. The molecule has 1 aliphatic rings. The first-order valence-electron chi connectivity index (χ1n) is 9.91. The Bertz CT molecular complexity index is 1150. The molecular formula is C23H21ClN2O5. The zero-order chi connectivity index (χ0) is 22.1. The molecule has 0 radical (unpaired) electrons. The molecule has 3 aromatic carbocycles. The maximum atomic E-state index is 12.5. The van der Waals surface area contributed by atoms with Crippen molar-refractivity contribution >= 4 is 39.9 Å². The number of carbonyl (C=O) groups excluding carboxylic acids is 1. The molecule has 0 unspecified atom stereocenters. The lowest BCUT2D eigenvalue weighted by atomic mass is 9.95. The molecule has 1 aliphatic heterocycles. The molecule has 7 nitrogen and oxygen atoms in total. The van der Waals surface area contributed by atoms with E-state index in [0.29, 0.717) is 11.6 Å². The van der Waals surface area contributed by atoms with Crippen LogP contribution in [-0.4, -0.2) is 29.5 Å². The largest absolute Gasteiger partial charge is 0.519 e. The van der Waals surface area contributed by atoms with Gasteiger partial charge in [0.1, 0.15) is 11.5 Å². The van der Waals surface area contributed by atoms with Gasteiger partial charge in [-0.25, -0.2) is 4.79 Å². The Balaban J connectivity index is 1.67. The summed E-state index contributed by atoms with van der Waals surface area (Å²) in [5.74, 6) is 1.24. The van der Waals surface area contributed by atoms with Crippen LogP contribution >= 0.6 is 11.6 Å². The number of nitro groups is 1. The molecule has 0 bridgehead atoms. The number of rotatable bonds is 5. The average Bonchev–Trinajstić information content (AvgIpc) is 3.13. The molecule has 0 amide bonds. The standard InChI is InChI=1S/C23H21ClN2O5/c1-14(2)25-13-15(12-24)22-19-6-4-3-5-18(19)21(11-20(22)25)31-23(27)30-17-9-7-16(8-10-17)26(28)29/h3-11,14-15H,12-13H2,1-2H3/t15-/m1/s1. The van der Waals surface area contributed by atoms with Gasteiger partial charge in [-0.2, -0.15) is 0 Å². The summed E-state index contributed by atoms with van der Waals surface area (Å²) in [5, 5.41) is 12.6. The minimum absolute atomic E-state index is 0.0899. The second-order valence-corrected chi connectivity index (χ2v) is 7.96. The van der Waals surface area contributed by atoms with E-state index >= 15 is 0 Å². The van der Waals surface area contributed by atoms with E-state index in [1.807, 2.05) is 30.3 Å². The first-order chi connectivity index (χ1) is 14.9. The Morgan fingerprint density at radius 2 is 1.84 bits per heavy atom. The predicted molar refractivity (Wildman–Crippen MR) is 120 cm³/mol. The van der Waals surface area contributed by atoms with Crippen LogP contribution in [0.4, 0.5) is 16.2 Å². The Hall–Kier alpha value is -3.32. The molecule has 0 saturated heterocycles. The van der Waals surface area contributed by atoms with Gasteiger partial charge in [0, 0.05) is 53.7 Å². The third-order valence-corrected chi connectivity index (χ3v) is 5.79. The Kier molecular flexibility index (Phi) is 5.69. The van der Waals surface area contributed by atoms with Gasteiger partial charge in [-0.15, -0.1) is 11.6 Å². The molecule has 0 fully saturated rings. The fraction of sp³-hybridized carbons (Fsp3) is 0.261. The number of alkyl halides is 1. The van der Waals surface area contributed by atoms with Gasteiger partial charge in [0.25, 0.3) is 5.69 Å². The number of fused-ring (bicyclic) bond motifs is 3. The monoisotopic (exact) mass is 440 g/mol. The lowest BCUT2D eigenvalue weighted by Gasteiger charge is -2.25. The lowest BCUT2D eigenvalue weighted by molar-refractivity contribution is -0.384. The molecule has 160 valence electrons. The summed E-state index contributed by atoms with van der Waals surface area (Å²) >= 11 is 6.28. The van der Waals surface area contributed by atoms with Crippen LogP contribution in [-0.2, 0) is 0 Å². The first kappa shape index (κ1) is 20.9. The van der Waals surface area contributed by atoms with Crippen molar-refractivity contribution in [2.75, 3.05) is 17.3 Å². The Morgan fingerprint density at radius 3 is 2.45 bits per heavy atom. The number of hydrogen-bond donors (Lipinski definition) is 0. The summed E-state index contributed by atoms with van der Waals surface area (Å²) < 4.78 is 10.8. The van der Waals surface area contributed by atoms with Gasteiger partial charge in [-0.3, -0.25) is 10.1 Å². The van der Waals surface area contributed by atoms with Crippen LogP contribution in [0.2, 0.25) is 0 Å². The van der Waals surface area contributed by atoms with Gasteiger partial charge in [-0.1, -0.05) is 24.3 Å². The highest BCUT2D eigenvalue weighted by Gasteiger charge is 2.32. The summed E-state index contributed by atoms with van der Waals surface area (Å²) in [4.78, 5) is 25.0. The number of anilines is 1. The van der Waals surface area contributed by atoms with Crippen molar-refractivity contribution in [1.82, 2.24) is 0 Å². The van der Waals surface area contributed by atoms with Gasteiger partial charge in [0.05, 0.1) is 4.92 Å². The zero-order valence-corrected chi connectivity index (χ0v) is 17.8. The van der Waals surface area contributed by atoms with E-state index < -0.39 is 11.1 Å². The number of hydrogen-bond acceptors (Lipinski definition) is 6. The van der Waals surface area contributed by atoms with Crippen LogP contribution in [0, 0.1) is 10.1 Å². The fourth-order valence-corrected chi connectivity index (χ4v) is 4.24. The second kappa shape index (κ2) is 8.43. The number of non-ortho nitro benzene ring substituents is 1. The highest BCUT2D eigenvalue weighted by molar-refractivity contribution is 6.18. The number of halogens is 1. The van der Waals surface area contributed by atoms with E-state index in [0.717, 1.165) is 28.6 Å². The molecule has 0 spiro atoms. The topological polar surface area (TPSA) is 81.9 Å². The Labute approximate surface area is 184 Å². The normalized spacial score (nSPS) is 15.2. The average molecular weight is 441 g/mol. The Morgan fingerprint density at radius 1 is 1.16 bits per heavy atom. The molecule has 0 aliphatic carbocycles. The summed E-state index contributed by atoms with van der Waals surface area (Å²) in [6.07, 6.45) is -0.915. The van der Waals surface area contributed by atoms with Gasteiger partial charge < -0.3 is 14.4 Å². The molecule has 0 aromatic heterocycles. The maximum Gasteiger partial charge on any atom is 0.519 e. The predicted octanol–water partition coefficient (Wildman–Crippen LogP) is 5.88.